The molecule has 0 aliphatic carbocycles. The third kappa shape index (κ3) is 3.89. The van der Waals surface area contributed by atoms with E-state index in [-0.39, 0.29) is 5.82 Å². The summed E-state index contributed by atoms with van der Waals surface area (Å²) in [5.74, 6) is 0.348. The third-order valence-corrected chi connectivity index (χ3v) is 4.25. The maximum atomic E-state index is 13.5. The van der Waals surface area contributed by atoms with Crippen molar-refractivity contribution < 1.29 is 4.39 Å². The van der Waals surface area contributed by atoms with Crippen LogP contribution in [0.4, 0.5) is 10.2 Å². The zero-order chi connectivity index (χ0) is 18.0. The number of rotatable bonds is 4. The van der Waals surface area contributed by atoms with Crippen LogP contribution in [0.15, 0.2) is 61.2 Å². The molecule has 0 bridgehead atoms. The molecule has 0 amide bonds. The predicted octanol–water partition coefficient (Wildman–Crippen LogP) is 6.24. The number of nitrogens with zero attached hydrogens (tertiary/aromatic N) is 1. The maximum Gasteiger partial charge on any atom is 0.131 e. The van der Waals surface area contributed by atoms with Crippen LogP contribution >= 0.6 is 11.6 Å². The van der Waals surface area contributed by atoms with Crippen LogP contribution in [0, 0.1) is 19.7 Å². The van der Waals surface area contributed by atoms with Crippen LogP contribution in [0.5, 0.6) is 0 Å². The van der Waals surface area contributed by atoms with Crippen molar-refractivity contribution in [2.75, 3.05) is 5.32 Å². The van der Waals surface area contributed by atoms with Crippen molar-refractivity contribution in [2.24, 2.45) is 0 Å². The molecular weight excluding hydrogens is 335 g/mol. The molecule has 0 aliphatic rings. The Labute approximate surface area is 152 Å². The van der Waals surface area contributed by atoms with E-state index in [9.17, 15) is 4.39 Å². The molecule has 3 rings (SSSR count). The molecule has 0 aliphatic heterocycles. The zero-order valence-electron chi connectivity index (χ0n) is 14.1. The van der Waals surface area contributed by atoms with Gasteiger partial charge in [-0.05, 0) is 55.3 Å². The number of anilines is 1. The number of aryl methyl sites for hydroxylation is 2. The second-order valence-corrected chi connectivity index (χ2v) is 6.36. The topological polar surface area (TPSA) is 24.9 Å². The van der Waals surface area contributed by atoms with Crippen molar-refractivity contribution in [3.05, 3.63) is 88.7 Å². The lowest BCUT2D eigenvalue weighted by Crippen LogP contribution is -2.03. The molecule has 0 radical (unpaired) electrons. The Morgan fingerprint density at radius 3 is 2.60 bits per heavy atom. The van der Waals surface area contributed by atoms with Crippen LogP contribution in [-0.2, 0) is 0 Å². The minimum atomic E-state index is -0.294. The van der Waals surface area contributed by atoms with E-state index in [0.717, 1.165) is 27.9 Å². The minimum absolute atomic E-state index is 0.294. The van der Waals surface area contributed by atoms with Crippen molar-refractivity contribution >= 4 is 23.1 Å². The summed E-state index contributed by atoms with van der Waals surface area (Å²) < 4.78 is 13.5. The first-order chi connectivity index (χ1) is 11.9. The molecule has 1 heterocycles. The summed E-state index contributed by atoms with van der Waals surface area (Å²) in [6.07, 6.45) is 0. The first kappa shape index (κ1) is 17.2. The van der Waals surface area contributed by atoms with Gasteiger partial charge in [0.25, 0.3) is 0 Å². The van der Waals surface area contributed by atoms with Crippen LogP contribution < -0.4 is 5.32 Å². The average molecular weight is 353 g/mol. The highest BCUT2D eigenvalue weighted by Crippen LogP contribution is 2.29. The molecule has 0 spiro atoms. The minimum Gasteiger partial charge on any atom is -0.340 e. The van der Waals surface area contributed by atoms with E-state index in [1.54, 1.807) is 6.07 Å². The van der Waals surface area contributed by atoms with Gasteiger partial charge in [-0.25, -0.2) is 9.37 Å². The lowest BCUT2D eigenvalue weighted by Gasteiger charge is -2.14. The maximum absolute atomic E-state index is 13.5. The van der Waals surface area contributed by atoms with E-state index >= 15 is 0 Å². The molecule has 0 atom stereocenters. The fourth-order valence-electron chi connectivity index (χ4n) is 2.68. The summed E-state index contributed by atoms with van der Waals surface area (Å²) in [6.45, 7) is 7.93. The molecule has 1 N–H and O–H groups in total. The molecule has 25 heavy (non-hydrogen) atoms. The largest absolute Gasteiger partial charge is 0.340 e. The standard InChI is InChI=1S/C21H18ClFN2/c1-13-10-20(17-6-4-5-7-19(17)22)25-21(11-13)24-15(3)18-12-16(23)9-8-14(18)2/h4-12H,3H2,1-2H3,(H,24,25). The summed E-state index contributed by atoms with van der Waals surface area (Å²) in [6, 6.07) is 16.1. The Kier molecular flexibility index (Phi) is 4.86. The van der Waals surface area contributed by atoms with E-state index in [1.165, 1.54) is 12.1 Å². The highest BCUT2D eigenvalue weighted by atomic mass is 35.5. The molecule has 0 fully saturated rings. The Hall–Kier alpha value is -2.65. The van der Waals surface area contributed by atoms with Crippen LogP contribution in [0.3, 0.4) is 0 Å². The van der Waals surface area contributed by atoms with Gasteiger partial charge < -0.3 is 5.32 Å². The first-order valence-electron chi connectivity index (χ1n) is 7.90. The Balaban J connectivity index is 1.95. The van der Waals surface area contributed by atoms with Gasteiger partial charge in [-0.15, -0.1) is 0 Å². The van der Waals surface area contributed by atoms with E-state index in [2.05, 4.69) is 16.9 Å². The van der Waals surface area contributed by atoms with Gasteiger partial charge in [0, 0.05) is 21.8 Å². The molecule has 126 valence electrons. The van der Waals surface area contributed by atoms with E-state index < -0.39 is 0 Å². The molecule has 2 nitrogen and oxygen atoms in total. The number of nitrogens with one attached hydrogen (secondary N) is 1. The number of hydrogen-bond donors (Lipinski definition) is 1. The number of aromatic nitrogens is 1. The SMILES string of the molecule is C=C(Nc1cc(C)cc(-c2ccccc2Cl)n1)c1cc(F)ccc1C. The van der Waals surface area contributed by atoms with E-state index in [0.29, 0.717) is 16.5 Å². The first-order valence-corrected chi connectivity index (χ1v) is 8.28. The second-order valence-electron chi connectivity index (χ2n) is 5.96. The van der Waals surface area contributed by atoms with Gasteiger partial charge >= 0.3 is 0 Å². The van der Waals surface area contributed by atoms with Crippen molar-refractivity contribution in [1.82, 2.24) is 4.98 Å². The van der Waals surface area contributed by atoms with Gasteiger partial charge in [-0.1, -0.05) is 42.4 Å². The van der Waals surface area contributed by atoms with Gasteiger partial charge in [-0.2, -0.15) is 0 Å². The van der Waals surface area contributed by atoms with Gasteiger partial charge in [0.2, 0.25) is 0 Å². The molecule has 0 saturated heterocycles. The lowest BCUT2D eigenvalue weighted by atomic mass is 10.1. The number of benzene rings is 2. The Bertz CT molecular complexity index is 950. The fraction of sp³-hybridized carbons (Fsp3) is 0.0952. The van der Waals surface area contributed by atoms with Crippen LogP contribution in [0.2, 0.25) is 5.02 Å². The van der Waals surface area contributed by atoms with Crippen molar-refractivity contribution in [3.63, 3.8) is 0 Å². The number of pyridine rings is 1. The highest BCUT2D eigenvalue weighted by Gasteiger charge is 2.09. The summed E-state index contributed by atoms with van der Waals surface area (Å²) in [4.78, 5) is 4.63. The summed E-state index contributed by atoms with van der Waals surface area (Å²) in [7, 11) is 0. The van der Waals surface area contributed by atoms with Gasteiger partial charge in [0.1, 0.15) is 11.6 Å². The quantitative estimate of drug-likeness (QED) is 0.601. The van der Waals surface area contributed by atoms with Crippen molar-refractivity contribution in [2.45, 2.75) is 13.8 Å². The fourth-order valence-corrected chi connectivity index (χ4v) is 2.91. The second kappa shape index (κ2) is 7.08. The average Bonchev–Trinajstić information content (AvgIpc) is 2.57. The molecule has 0 unspecified atom stereocenters. The normalized spacial score (nSPS) is 10.6. The summed E-state index contributed by atoms with van der Waals surface area (Å²) >= 11 is 6.28. The van der Waals surface area contributed by atoms with Gasteiger partial charge in [0.15, 0.2) is 0 Å². The molecule has 3 aromatic rings. The van der Waals surface area contributed by atoms with Gasteiger partial charge in [0.05, 0.1) is 5.69 Å². The van der Waals surface area contributed by atoms with E-state index in [4.69, 9.17) is 11.6 Å². The third-order valence-electron chi connectivity index (χ3n) is 3.92. The molecule has 4 heteroatoms. The zero-order valence-corrected chi connectivity index (χ0v) is 14.9. The molecule has 2 aromatic carbocycles. The monoisotopic (exact) mass is 352 g/mol. The van der Waals surface area contributed by atoms with Crippen molar-refractivity contribution in [1.29, 1.82) is 0 Å². The molecule has 0 saturated carbocycles. The highest BCUT2D eigenvalue weighted by molar-refractivity contribution is 6.33. The number of hydrogen-bond acceptors (Lipinski definition) is 2. The Morgan fingerprint density at radius 2 is 1.84 bits per heavy atom. The smallest absolute Gasteiger partial charge is 0.131 e. The van der Waals surface area contributed by atoms with Crippen LogP contribution in [-0.4, -0.2) is 4.98 Å². The number of halogens is 2. The predicted molar refractivity (Wildman–Crippen MR) is 103 cm³/mol. The molecule has 1 aromatic heterocycles. The van der Waals surface area contributed by atoms with Crippen molar-refractivity contribution in [3.8, 4) is 11.3 Å². The lowest BCUT2D eigenvalue weighted by molar-refractivity contribution is 0.627. The van der Waals surface area contributed by atoms with Crippen LogP contribution in [0.1, 0.15) is 16.7 Å². The van der Waals surface area contributed by atoms with E-state index in [1.807, 2.05) is 50.2 Å². The Morgan fingerprint density at radius 1 is 1.08 bits per heavy atom. The van der Waals surface area contributed by atoms with Crippen LogP contribution in [0.25, 0.3) is 17.0 Å². The van der Waals surface area contributed by atoms with Gasteiger partial charge in [-0.3, -0.25) is 0 Å². The summed E-state index contributed by atoms with van der Waals surface area (Å²) in [5, 5.41) is 3.83. The molecular formula is C21H18ClFN2. The summed E-state index contributed by atoms with van der Waals surface area (Å²) in [5.41, 5.74) is 4.94.